The Labute approximate surface area is 106 Å². The van der Waals surface area contributed by atoms with Crippen LogP contribution in [0.3, 0.4) is 0 Å². The number of allylic oxidation sites excluding steroid dienone is 1. The lowest BCUT2D eigenvalue weighted by Gasteiger charge is -2.20. The summed E-state index contributed by atoms with van der Waals surface area (Å²) >= 11 is 0. The quantitative estimate of drug-likeness (QED) is 0.446. The van der Waals surface area contributed by atoms with Crippen LogP contribution in [-0.4, -0.2) is 14.4 Å². The first-order valence-corrected chi connectivity index (χ1v) is 9.29. The SMILES string of the molecule is C/C=C/C(C#Cc1ccccc1)O[Si](C)(C)C. The summed E-state index contributed by atoms with van der Waals surface area (Å²) in [5, 5.41) is 0. The Morgan fingerprint density at radius 3 is 2.35 bits per heavy atom. The molecule has 17 heavy (non-hydrogen) atoms. The predicted octanol–water partition coefficient (Wildman–Crippen LogP) is 3.83. The van der Waals surface area contributed by atoms with Gasteiger partial charge in [0.2, 0.25) is 0 Å². The van der Waals surface area contributed by atoms with Gasteiger partial charge in [-0.05, 0) is 44.8 Å². The number of hydrogen-bond donors (Lipinski definition) is 0. The maximum absolute atomic E-state index is 5.98. The van der Waals surface area contributed by atoms with Gasteiger partial charge >= 0.3 is 0 Å². The van der Waals surface area contributed by atoms with E-state index in [1.807, 2.05) is 49.4 Å². The molecule has 0 saturated carbocycles. The minimum atomic E-state index is -1.55. The monoisotopic (exact) mass is 244 g/mol. The topological polar surface area (TPSA) is 9.23 Å². The number of benzene rings is 1. The third-order valence-corrected chi connectivity index (χ3v) is 2.94. The summed E-state index contributed by atoms with van der Waals surface area (Å²) in [5.41, 5.74) is 1.03. The molecule has 0 aromatic heterocycles. The standard InChI is InChI=1S/C15H20OSi/c1-5-9-15(16-17(2,3)4)13-12-14-10-7-6-8-11-14/h5-11,15H,1-4H3/b9-5+. The molecule has 1 atom stereocenters. The van der Waals surface area contributed by atoms with E-state index in [2.05, 4.69) is 31.5 Å². The fourth-order valence-corrected chi connectivity index (χ4v) is 2.25. The Morgan fingerprint density at radius 1 is 1.18 bits per heavy atom. The molecule has 90 valence electrons. The Kier molecular flexibility index (Phi) is 5.21. The largest absolute Gasteiger partial charge is 0.401 e. The second-order valence-electron chi connectivity index (χ2n) is 4.81. The van der Waals surface area contributed by atoms with E-state index in [0.717, 1.165) is 5.56 Å². The zero-order valence-electron chi connectivity index (χ0n) is 11.0. The normalized spacial score (nSPS) is 13.2. The second-order valence-corrected chi connectivity index (χ2v) is 9.27. The molecule has 1 nitrogen and oxygen atoms in total. The summed E-state index contributed by atoms with van der Waals surface area (Å²) in [4.78, 5) is 0. The highest BCUT2D eigenvalue weighted by Crippen LogP contribution is 2.08. The van der Waals surface area contributed by atoms with Gasteiger partial charge in [0.15, 0.2) is 8.32 Å². The van der Waals surface area contributed by atoms with Crippen LogP contribution in [-0.2, 0) is 4.43 Å². The Hall–Kier alpha value is -1.30. The smallest absolute Gasteiger partial charge is 0.185 e. The maximum Gasteiger partial charge on any atom is 0.185 e. The molecular formula is C15H20OSi. The van der Waals surface area contributed by atoms with E-state index in [0.29, 0.717) is 0 Å². The Morgan fingerprint density at radius 2 is 1.82 bits per heavy atom. The van der Waals surface area contributed by atoms with Crippen molar-refractivity contribution in [3.05, 3.63) is 48.0 Å². The average molecular weight is 244 g/mol. The highest BCUT2D eigenvalue weighted by Gasteiger charge is 2.17. The van der Waals surface area contributed by atoms with Crippen molar-refractivity contribution in [2.24, 2.45) is 0 Å². The van der Waals surface area contributed by atoms with E-state index < -0.39 is 8.32 Å². The van der Waals surface area contributed by atoms with Crippen LogP contribution < -0.4 is 0 Å². The van der Waals surface area contributed by atoms with Gasteiger partial charge in [0.05, 0.1) is 0 Å². The fourth-order valence-electron chi connectivity index (χ4n) is 1.35. The van der Waals surface area contributed by atoms with E-state index in [1.165, 1.54) is 0 Å². The van der Waals surface area contributed by atoms with Gasteiger partial charge in [0, 0.05) is 5.56 Å². The molecule has 0 aliphatic heterocycles. The van der Waals surface area contributed by atoms with Crippen molar-refractivity contribution in [1.29, 1.82) is 0 Å². The number of rotatable bonds is 3. The lowest BCUT2D eigenvalue weighted by atomic mass is 10.2. The van der Waals surface area contributed by atoms with E-state index in [1.54, 1.807) is 0 Å². The van der Waals surface area contributed by atoms with E-state index in [9.17, 15) is 0 Å². The molecule has 1 unspecified atom stereocenters. The molecule has 1 rings (SSSR count). The van der Waals surface area contributed by atoms with Crippen molar-refractivity contribution >= 4 is 8.32 Å². The average Bonchev–Trinajstić information content (AvgIpc) is 2.26. The molecular weight excluding hydrogens is 224 g/mol. The van der Waals surface area contributed by atoms with Gasteiger partial charge in [-0.3, -0.25) is 0 Å². The highest BCUT2D eigenvalue weighted by molar-refractivity contribution is 6.69. The summed E-state index contributed by atoms with van der Waals surface area (Å²) in [7, 11) is -1.55. The molecule has 0 fully saturated rings. The summed E-state index contributed by atoms with van der Waals surface area (Å²) in [5.74, 6) is 6.32. The van der Waals surface area contributed by atoms with Crippen molar-refractivity contribution in [3.8, 4) is 11.8 Å². The molecule has 0 aliphatic rings. The lowest BCUT2D eigenvalue weighted by molar-refractivity contribution is 0.298. The molecule has 0 spiro atoms. The minimum absolute atomic E-state index is 0.0909. The van der Waals surface area contributed by atoms with Crippen LogP contribution in [0.2, 0.25) is 19.6 Å². The third-order valence-electron chi connectivity index (χ3n) is 1.98. The number of hydrogen-bond acceptors (Lipinski definition) is 1. The molecule has 0 bridgehead atoms. The maximum atomic E-state index is 5.98. The van der Waals surface area contributed by atoms with E-state index in [-0.39, 0.29) is 6.10 Å². The summed E-state index contributed by atoms with van der Waals surface area (Å²) in [6.45, 7) is 8.51. The van der Waals surface area contributed by atoms with Crippen molar-refractivity contribution < 1.29 is 4.43 Å². The first-order valence-electron chi connectivity index (χ1n) is 5.88. The predicted molar refractivity (Wildman–Crippen MR) is 76.4 cm³/mol. The van der Waals surface area contributed by atoms with Crippen molar-refractivity contribution in [3.63, 3.8) is 0 Å². The van der Waals surface area contributed by atoms with Crippen LogP contribution in [0.15, 0.2) is 42.5 Å². The summed E-state index contributed by atoms with van der Waals surface area (Å²) in [6.07, 6.45) is 3.91. The van der Waals surface area contributed by atoms with Gasteiger partial charge in [-0.15, -0.1) is 0 Å². The van der Waals surface area contributed by atoms with Gasteiger partial charge in [0.25, 0.3) is 0 Å². The zero-order valence-corrected chi connectivity index (χ0v) is 12.0. The minimum Gasteiger partial charge on any atom is -0.401 e. The van der Waals surface area contributed by atoms with Gasteiger partial charge < -0.3 is 4.43 Å². The second kappa shape index (κ2) is 6.44. The van der Waals surface area contributed by atoms with Crippen LogP contribution in [0, 0.1) is 11.8 Å². The highest BCUT2D eigenvalue weighted by atomic mass is 28.4. The molecule has 1 aromatic rings. The Bertz CT molecular complexity index is 418. The van der Waals surface area contributed by atoms with Gasteiger partial charge in [-0.1, -0.05) is 36.1 Å². The molecule has 0 N–H and O–H groups in total. The van der Waals surface area contributed by atoms with Crippen molar-refractivity contribution in [1.82, 2.24) is 0 Å². The van der Waals surface area contributed by atoms with Gasteiger partial charge in [0.1, 0.15) is 6.10 Å². The van der Waals surface area contributed by atoms with Gasteiger partial charge in [-0.2, -0.15) is 0 Å². The summed E-state index contributed by atoms with van der Waals surface area (Å²) in [6, 6.07) is 10.00. The van der Waals surface area contributed by atoms with E-state index in [4.69, 9.17) is 4.43 Å². The van der Waals surface area contributed by atoms with Crippen LogP contribution in [0.25, 0.3) is 0 Å². The van der Waals surface area contributed by atoms with Crippen molar-refractivity contribution in [2.75, 3.05) is 0 Å². The third kappa shape index (κ3) is 6.11. The first-order chi connectivity index (χ1) is 8.01. The van der Waals surface area contributed by atoms with Crippen LogP contribution in [0.1, 0.15) is 12.5 Å². The van der Waals surface area contributed by atoms with Gasteiger partial charge in [-0.25, -0.2) is 0 Å². The molecule has 1 aromatic carbocycles. The molecule has 0 saturated heterocycles. The molecule has 2 heteroatoms. The zero-order chi connectivity index (χ0) is 12.7. The molecule has 0 aliphatic carbocycles. The van der Waals surface area contributed by atoms with Crippen LogP contribution >= 0.6 is 0 Å². The Balaban J connectivity index is 2.78. The molecule has 0 amide bonds. The first kappa shape index (κ1) is 13.8. The fraction of sp³-hybridized carbons (Fsp3) is 0.333. The summed E-state index contributed by atoms with van der Waals surface area (Å²) < 4.78 is 5.98. The van der Waals surface area contributed by atoms with Crippen LogP contribution in [0.5, 0.6) is 0 Å². The van der Waals surface area contributed by atoms with Crippen LogP contribution in [0.4, 0.5) is 0 Å². The molecule has 0 radical (unpaired) electrons. The molecule has 0 heterocycles. The van der Waals surface area contributed by atoms with Crippen molar-refractivity contribution in [2.45, 2.75) is 32.7 Å². The lowest BCUT2D eigenvalue weighted by Crippen LogP contribution is -2.30. The van der Waals surface area contributed by atoms with E-state index >= 15 is 0 Å².